The summed E-state index contributed by atoms with van der Waals surface area (Å²) >= 11 is -9.42. The fourth-order valence-electron chi connectivity index (χ4n) is 6.22. The first-order valence-electron chi connectivity index (χ1n) is 18.5. The quantitative estimate of drug-likeness (QED) is 0.110. The number of aromatic hydroxyl groups is 2. The Hall–Kier alpha value is -2.83. The second-order valence-corrected chi connectivity index (χ2v) is 26.9. The van der Waals surface area contributed by atoms with Crippen molar-refractivity contribution in [1.82, 2.24) is 9.80 Å². The first kappa shape index (κ1) is 41.9. The van der Waals surface area contributed by atoms with Crippen molar-refractivity contribution in [2.75, 3.05) is 26.2 Å². The van der Waals surface area contributed by atoms with Crippen LogP contribution in [0.25, 0.3) is 11.1 Å². The molecule has 288 valence electrons. The number of carbonyl (C=O) groups is 3. The van der Waals surface area contributed by atoms with Crippen LogP contribution in [0, 0.1) is 0 Å². The zero-order valence-electron chi connectivity index (χ0n) is 31.6. The molecule has 0 saturated carbocycles. The minimum atomic E-state index is -4.75. The maximum absolute atomic E-state index is 14.3. The van der Waals surface area contributed by atoms with Gasteiger partial charge in [0.25, 0.3) is 0 Å². The fraction of sp³-hybridized carbons (Fsp3) is 0.583. The molecule has 14 nitrogen and oxygen atoms in total. The van der Waals surface area contributed by atoms with Crippen LogP contribution in [0.1, 0.15) is 115 Å². The van der Waals surface area contributed by atoms with E-state index in [1.165, 1.54) is 21.9 Å². The molecule has 52 heavy (non-hydrogen) atoms. The van der Waals surface area contributed by atoms with E-state index in [4.69, 9.17) is 18.4 Å². The normalized spacial score (nSPS) is 19.0. The van der Waals surface area contributed by atoms with E-state index < -0.39 is 74.8 Å². The van der Waals surface area contributed by atoms with Gasteiger partial charge in [0.15, 0.2) is 0 Å². The van der Waals surface area contributed by atoms with Gasteiger partial charge in [0.2, 0.25) is 0 Å². The number of aliphatic hydroxyl groups is 1. The van der Waals surface area contributed by atoms with Crippen LogP contribution in [0.15, 0.2) is 12.1 Å². The molecule has 3 atom stereocenters. The van der Waals surface area contributed by atoms with Crippen molar-refractivity contribution < 1.29 is 48.1 Å². The number of unbranched alkanes of at least 4 members (excludes halogenated alkanes) is 2. The van der Waals surface area contributed by atoms with E-state index in [1.807, 2.05) is 41.5 Å². The number of carbonyl (C=O) groups excluding carboxylic acids is 3. The Morgan fingerprint density at radius 2 is 1.12 bits per heavy atom. The van der Waals surface area contributed by atoms with Gasteiger partial charge in [-0.2, -0.15) is 0 Å². The van der Waals surface area contributed by atoms with Crippen LogP contribution in [0.4, 0.5) is 0 Å². The topological polar surface area (TPSA) is 174 Å². The molecule has 4 rings (SSSR count). The molecular formula is C36H54N2O12Sn2. The van der Waals surface area contributed by atoms with Crippen molar-refractivity contribution in [1.29, 1.82) is 0 Å². The predicted octanol–water partition coefficient (Wildman–Crippen LogP) is 6.45. The summed E-state index contributed by atoms with van der Waals surface area (Å²) in [6, 6.07) is 2.87. The van der Waals surface area contributed by atoms with Crippen LogP contribution in [0.3, 0.4) is 0 Å². The number of phenolic OH excluding ortho intramolecular Hbond substituents is 2. The predicted molar refractivity (Wildman–Crippen MR) is 197 cm³/mol. The Kier molecular flexibility index (Phi) is 14.5. The average Bonchev–Trinajstić information content (AvgIpc) is 3.69. The number of rotatable bonds is 18. The molecule has 0 aliphatic carbocycles. The number of fused-ring (bicyclic) bond motifs is 2. The minimum absolute atomic E-state index is 0.0427. The van der Waals surface area contributed by atoms with Gasteiger partial charge in [-0.15, -0.1) is 0 Å². The molecule has 0 bridgehead atoms. The molecule has 2 aromatic carbocycles. The molecule has 2 aliphatic heterocycles. The molecule has 2 amide bonds. The van der Waals surface area contributed by atoms with Gasteiger partial charge in [-0.25, -0.2) is 0 Å². The molecule has 2 aromatic rings. The van der Waals surface area contributed by atoms with E-state index in [1.54, 1.807) is 13.8 Å². The number of amides is 2. The van der Waals surface area contributed by atoms with Crippen LogP contribution >= 0.6 is 0 Å². The second kappa shape index (κ2) is 18.0. The van der Waals surface area contributed by atoms with Gasteiger partial charge in [-0.05, 0) is 0 Å². The Morgan fingerprint density at radius 3 is 1.52 bits per heavy atom. The van der Waals surface area contributed by atoms with Gasteiger partial charge < -0.3 is 0 Å². The molecule has 0 aromatic heterocycles. The van der Waals surface area contributed by atoms with Crippen molar-refractivity contribution in [3.8, 4) is 45.6 Å². The summed E-state index contributed by atoms with van der Waals surface area (Å²) in [5.74, 6) is -2.73. The third kappa shape index (κ3) is 8.44. The first-order chi connectivity index (χ1) is 24.8. The van der Waals surface area contributed by atoms with E-state index in [-0.39, 0.29) is 58.1 Å². The van der Waals surface area contributed by atoms with Crippen molar-refractivity contribution >= 4 is 57.0 Å². The Balaban J connectivity index is 2.07. The maximum atomic E-state index is 14.3. The Labute approximate surface area is 317 Å². The van der Waals surface area contributed by atoms with Gasteiger partial charge in [-0.3, -0.25) is 0 Å². The summed E-state index contributed by atoms with van der Waals surface area (Å²) in [6.45, 7) is 15.9. The van der Waals surface area contributed by atoms with E-state index in [2.05, 4.69) is 0 Å². The van der Waals surface area contributed by atoms with Crippen molar-refractivity contribution in [3.05, 3.63) is 23.3 Å². The van der Waals surface area contributed by atoms with Gasteiger partial charge >= 0.3 is 319 Å². The Morgan fingerprint density at radius 1 is 0.692 bits per heavy atom. The fourth-order valence-corrected chi connectivity index (χ4v) is 22.0. The van der Waals surface area contributed by atoms with Crippen LogP contribution < -0.4 is 12.3 Å². The van der Waals surface area contributed by atoms with Crippen molar-refractivity contribution in [3.63, 3.8) is 0 Å². The SMILES string of the molecule is CCC[CH2][Sn]1([O]C(=O)CC)[O]c2cc(C(=O)N(CC)CC)c(-c3c(C(=O)N(CC)CC)cc4c(c3O)[O][Sn]([CH2]CCC)([O]C(O)CC)[O]4)c(O)c2[O]1. The molecular weight excluding hydrogens is 890 g/mol. The van der Waals surface area contributed by atoms with Gasteiger partial charge in [-0.1, -0.05) is 0 Å². The van der Waals surface area contributed by atoms with Crippen molar-refractivity contribution in [2.24, 2.45) is 0 Å². The third-order valence-corrected chi connectivity index (χ3v) is 24.0. The summed E-state index contributed by atoms with van der Waals surface area (Å²) < 4.78 is 38.2. The number of aliphatic hydroxyl groups excluding tert-OH is 1. The molecule has 0 spiro atoms. The number of nitrogens with zero attached hydrogens (tertiary/aromatic N) is 2. The average molecular weight is 944 g/mol. The molecule has 0 fully saturated rings. The zero-order chi connectivity index (χ0) is 38.4. The molecule has 0 saturated heterocycles. The molecule has 0 radical (unpaired) electrons. The number of benzene rings is 2. The molecule has 2 aliphatic rings. The second-order valence-electron chi connectivity index (χ2n) is 12.7. The van der Waals surface area contributed by atoms with Crippen LogP contribution in [0.2, 0.25) is 8.87 Å². The summed E-state index contributed by atoms with van der Waals surface area (Å²) in [6.07, 6.45) is 2.04. The van der Waals surface area contributed by atoms with Crippen LogP contribution in [0.5, 0.6) is 34.5 Å². The Bertz CT molecular complexity index is 1630. The number of phenols is 2. The van der Waals surface area contributed by atoms with Crippen LogP contribution in [-0.2, 0) is 10.9 Å². The standard InChI is InChI=1S/C22H28N2O8.2C4H9.C3H7O2.C3H6O2.2Sn/c1-5-23(6-2)21(31)11-9-13(25)17(27)19(29)15(11)16-12(22(32)24(7-3)8-4)10-14(26)18(28)20(16)30;2*1-3-4-2;2*1-2-3(4)5;;/h9-10,25-30H,5-8H2,1-4H3;2*1,3-4H2,2H3;3-4H,2H2,1H3;2H2,1H3,(H,4,5);;/q;;;-1;;2*+3/p-5. The molecule has 3 unspecified atom stereocenters. The van der Waals surface area contributed by atoms with Gasteiger partial charge in [0.05, 0.1) is 0 Å². The van der Waals surface area contributed by atoms with E-state index in [0.717, 1.165) is 12.8 Å². The summed E-state index contributed by atoms with van der Waals surface area (Å²) in [5, 5.41) is 35.0. The third-order valence-electron chi connectivity index (χ3n) is 9.19. The van der Waals surface area contributed by atoms with E-state index in [9.17, 15) is 29.7 Å². The molecule has 2 heterocycles. The summed E-state index contributed by atoms with van der Waals surface area (Å²) in [7, 11) is 0. The molecule has 16 heteroatoms. The van der Waals surface area contributed by atoms with E-state index >= 15 is 0 Å². The van der Waals surface area contributed by atoms with Crippen molar-refractivity contribution in [2.45, 2.75) is 109 Å². The summed E-state index contributed by atoms with van der Waals surface area (Å²) in [5.41, 5.74) is -0.463. The van der Waals surface area contributed by atoms with E-state index in [0.29, 0.717) is 47.9 Å². The van der Waals surface area contributed by atoms with Gasteiger partial charge in [0.1, 0.15) is 0 Å². The first-order valence-corrected chi connectivity index (χ1v) is 29.6. The van der Waals surface area contributed by atoms with Gasteiger partial charge in [0, 0.05) is 0 Å². The number of hydrogen-bond acceptors (Lipinski definition) is 12. The van der Waals surface area contributed by atoms with Crippen LogP contribution in [-0.4, -0.2) is 115 Å². The monoisotopic (exact) mass is 946 g/mol. The summed E-state index contributed by atoms with van der Waals surface area (Å²) in [4.78, 5) is 44.4. The number of hydrogen-bond donors (Lipinski definition) is 3. The molecule has 3 N–H and O–H groups in total. The zero-order valence-corrected chi connectivity index (χ0v) is 37.3.